The maximum atomic E-state index is 10.9. The standard InChI is InChI=1S/C9H18N4O2/c1-2-7(9(10)13-15)12-6-3-4-8(14)11-5-6/h6-7,12,15H,2-5H2,1H3,(H2,10,13)(H,11,14). The van der Waals surface area contributed by atoms with Crippen molar-refractivity contribution in [3.8, 4) is 0 Å². The van der Waals surface area contributed by atoms with Gasteiger partial charge in [-0.05, 0) is 12.8 Å². The first-order valence-corrected chi connectivity index (χ1v) is 5.17. The second-order valence-electron chi connectivity index (χ2n) is 3.69. The van der Waals surface area contributed by atoms with Crippen LogP contribution >= 0.6 is 0 Å². The molecule has 15 heavy (non-hydrogen) atoms. The van der Waals surface area contributed by atoms with E-state index in [2.05, 4.69) is 15.8 Å². The molecule has 0 spiro atoms. The molecule has 0 saturated carbocycles. The molecule has 1 saturated heterocycles. The van der Waals surface area contributed by atoms with Gasteiger partial charge in [0.1, 0.15) is 0 Å². The molecular weight excluding hydrogens is 196 g/mol. The van der Waals surface area contributed by atoms with Crippen LogP contribution in [0.1, 0.15) is 26.2 Å². The lowest BCUT2D eigenvalue weighted by atomic mass is 10.0. The van der Waals surface area contributed by atoms with Crippen LogP contribution in [0.3, 0.4) is 0 Å². The second-order valence-corrected chi connectivity index (χ2v) is 3.69. The van der Waals surface area contributed by atoms with Crippen LogP contribution in [-0.2, 0) is 4.79 Å². The third-order valence-corrected chi connectivity index (χ3v) is 2.58. The van der Waals surface area contributed by atoms with Crippen molar-refractivity contribution in [1.29, 1.82) is 0 Å². The first-order chi connectivity index (χ1) is 7.17. The van der Waals surface area contributed by atoms with E-state index in [-0.39, 0.29) is 23.8 Å². The molecule has 0 radical (unpaired) electrons. The van der Waals surface area contributed by atoms with Gasteiger partial charge in [-0.15, -0.1) is 0 Å². The van der Waals surface area contributed by atoms with Crippen LogP contribution < -0.4 is 16.4 Å². The zero-order valence-corrected chi connectivity index (χ0v) is 8.86. The average molecular weight is 214 g/mol. The number of carbonyl (C=O) groups is 1. The van der Waals surface area contributed by atoms with Crippen LogP contribution in [0.15, 0.2) is 5.16 Å². The normalized spacial score (nSPS) is 24.7. The Morgan fingerprint density at radius 1 is 1.87 bits per heavy atom. The fraction of sp³-hybridized carbons (Fsp3) is 0.778. The molecule has 6 nitrogen and oxygen atoms in total. The van der Waals surface area contributed by atoms with Gasteiger partial charge in [-0.1, -0.05) is 12.1 Å². The maximum Gasteiger partial charge on any atom is 0.220 e. The molecule has 0 aliphatic carbocycles. The Bertz CT molecular complexity index is 244. The third kappa shape index (κ3) is 3.39. The van der Waals surface area contributed by atoms with Crippen LogP contribution in [0.25, 0.3) is 0 Å². The quantitative estimate of drug-likeness (QED) is 0.217. The smallest absolute Gasteiger partial charge is 0.220 e. The summed E-state index contributed by atoms with van der Waals surface area (Å²) in [6.45, 7) is 2.56. The van der Waals surface area contributed by atoms with Crippen LogP contribution in [-0.4, -0.2) is 35.6 Å². The van der Waals surface area contributed by atoms with E-state index in [1.54, 1.807) is 0 Å². The monoisotopic (exact) mass is 214 g/mol. The minimum absolute atomic E-state index is 0.0879. The predicted molar refractivity (Wildman–Crippen MR) is 56.7 cm³/mol. The number of hydrogen-bond acceptors (Lipinski definition) is 4. The van der Waals surface area contributed by atoms with Gasteiger partial charge in [0.25, 0.3) is 0 Å². The molecule has 0 bridgehead atoms. The van der Waals surface area contributed by atoms with Gasteiger partial charge in [0, 0.05) is 19.0 Å². The van der Waals surface area contributed by atoms with Gasteiger partial charge in [0.05, 0.1) is 6.04 Å². The topological polar surface area (TPSA) is 99.7 Å². The van der Waals surface area contributed by atoms with E-state index < -0.39 is 0 Å². The number of piperidine rings is 1. The van der Waals surface area contributed by atoms with E-state index >= 15 is 0 Å². The molecule has 1 rings (SSSR count). The Hall–Kier alpha value is -1.30. The zero-order chi connectivity index (χ0) is 11.3. The van der Waals surface area contributed by atoms with Gasteiger partial charge in [-0.3, -0.25) is 4.79 Å². The van der Waals surface area contributed by atoms with Gasteiger partial charge >= 0.3 is 0 Å². The molecule has 1 aliphatic rings. The van der Waals surface area contributed by atoms with Gasteiger partial charge in [-0.2, -0.15) is 0 Å². The summed E-state index contributed by atoms with van der Waals surface area (Å²) in [5.41, 5.74) is 5.52. The molecule has 2 unspecified atom stereocenters. The molecular formula is C9H18N4O2. The summed E-state index contributed by atoms with van der Waals surface area (Å²) in [5, 5.41) is 17.6. The lowest BCUT2D eigenvalue weighted by Crippen LogP contribution is -2.52. The molecule has 2 atom stereocenters. The van der Waals surface area contributed by atoms with Crippen molar-refractivity contribution in [2.75, 3.05) is 6.54 Å². The average Bonchev–Trinajstić information content (AvgIpc) is 2.27. The van der Waals surface area contributed by atoms with Gasteiger partial charge in [-0.25, -0.2) is 0 Å². The molecule has 86 valence electrons. The number of hydrogen-bond donors (Lipinski definition) is 4. The van der Waals surface area contributed by atoms with Crippen LogP contribution in [0, 0.1) is 0 Å². The van der Waals surface area contributed by atoms with E-state index in [0.29, 0.717) is 13.0 Å². The summed E-state index contributed by atoms with van der Waals surface area (Å²) in [6.07, 6.45) is 2.08. The van der Waals surface area contributed by atoms with Crippen molar-refractivity contribution in [3.05, 3.63) is 0 Å². The molecule has 1 fully saturated rings. The van der Waals surface area contributed by atoms with E-state index in [9.17, 15) is 4.79 Å². The Morgan fingerprint density at radius 3 is 3.07 bits per heavy atom. The third-order valence-electron chi connectivity index (χ3n) is 2.58. The highest BCUT2D eigenvalue weighted by molar-refractivity contribution is 5.85. The fourth-order valence-electron chi connectivity index (χ4n) is 1.64. The summed E-state index contributed by atoms with van der Waals surface area (Å²) < 4.78 is 0. The number of nitrogens with two attached hydrogens (primary N) is 1. The lowest BCUT2D eigenvalue weighted by Gasteiger charge is -2.27. The van der Waals surface area contributed by atoms with E-state index in [4.69, 9.17) is 10.9 Å². The number of carbonyl (C=O) groups excluding carboxylic acids is 1. The maximum absolute atomic E-state index is 10.9. The first kappa shape index (κ1) is 11.8. The number of nitrogens with one attached hydrogen (secondary N) is 2. The Balaban J connectivity index is 2.42. The summed E-state index contributed by atoms with van der Waals surface area (Å²) in [6, 6.07) is 0.0722. The number of rotatable bonds is 4. The number of nitrogens with zero attached hydrogens (tertiary/aromatic N) is 1. The van der Waals surface area contributed by atoms with Crippen molar-refractivity contribution in [2.45, 2.75) is 38.3 Å². The minimum atomic E-state index is -0.130. The molecule has 0 aromatic heterocycles. The minimum Gasteiger partial charge on any atom is -0.409 e. The molecule has 5 N–H and O–H groups in total. The fourth-order valence-corrected chi connectivity index (χ4v) is 1.64. The summed E-state index contributed by atoms with van der Waals surface area (Å²) in [4.78, 5) is 10.9. The molecule has 6 heteroatoms. The SMILES string of the molecule is CCC(NC1CCC(=O)NC1)C(N)=NO. The largest absolute Gasteiger partial charge is 0.409 e. The van der Waals surface area contributed by atoms with Crippen LogP contribution in [0.4, 0.5) is 0 Å². The Labute approximate surface area is 88.9 Å². The van der Waals surface area contributed by atoms with E-state index in [0.717, 1.165) is 12.8 Å². The van der Waals surface area contributed by atoms with Crippen molar-refractivity contribution in [2.24, 2.45) is 10.9 Å². The number of oxime groups is 1. The Kier molecular flexibility index (Phi) is 4.36. The summed E-state index contributed by atoms with van der Waals surface area (Å²) >= 11 is 0. The highest BCUT2D eigenvalue weighted by Gasteiger charge is 2.21. The van der Waals surface area contributed by atoms with Crippen LogP contribution in [0.5, 0.6) is 0 Å². The lowest BCUT2D eigenvalue weighted by molar-refractivity contribution is -0.122. The van der Waals surface area contributed by atoms with Gasteiger partial charge in [0.2, 0.25) is 5.91 Å². The van der Waals surface area contributed by atoms with Gasteiger partial charge in [0.15, 0.2) is 5.84 Å². The van der Waals surface area contributed by atoms with Gasteiger partial charge < -0.3 is 21.6 Å². The molecule has 1 heterocycles. The predicted octanol–water partition coefficient (Wildman–Crippen LogP) is -0.620. The molecule has 0 aromatic rings. The molecule has 1 amide bonds. The van der Waals surface area contributed by atoms with Crippen molar-refractivity contribution in [3.63, 3.8) is 0 Å². The first-order valence-electron chi connectivity index (χ1n) is 5.17. The van der Waals surface area contributed by atoms with Crippen molar-refractivity contribution < 1.29 is 10.0 Å². The van der Waals surface area contributed by atoms with Crippen molar-refractivity contribution in [1.82, 2.24) is 10.6 Å². The Morgan fingerprint density at radius 2 is 2.60 bits per heavy atom. The summed E-state index contributed by atoms with van der Waals surface area (Å²) in [7, 11) is 0. The summed E-state index contributed by atoms with van der Waals surface area (Å²) in [5.74, 6) is 0.277. The number of amidine groups is 1. The highest BCUT2D eigenvalue weighted by atomic mass is 16.4. The molecule has 1 aliphatic heterocycles. The highest BCUT2D eigenvalue weighted by Crippen LogP contribution is 2.05. The van der Waals surface area contributed by atoms with E-state index in [1.807, 2.05) is 6.92 Å². The molecule has 0 aromatic carbocycles. The van der Waals surface area contributed by atoms with Crippen LogP contribution in [0.2, 0.25) is 0 Å². The second kappa shape index (κ2) is 5.55. The number of amides is 1. The van der Waals surface area contributed by atoms with Crippen molar-refractivity contribution >= 4 is 11.7 Å². The van der Waals surface area contributed by atoms with E-state index in [1.165, 1.54) is 0 Å². The zero-order valence-electron chi connectivity index (χ0n) is 8.86.